The van der Waals surface area contributed by atoms with Gasteiger partial charge in [0.1, 0.15) is 0 Å². The van der Waals surface area contributed by atoms with Crippen molar-refractivity contribution in [2.45, 2.75) is 33.4 Å². The largest absolute Gasteiger partial charge is 0.348 e. The maximum absolute atomic E-state index is 12.6. The molecule has 0 saturated carbocycles. The molecule has 0 atom stereocenters. The van der Waals surface area contributed by atoms with Gasteiger partial charge in [-0.15, -0.1) is 0 Å². The molecule has 0 aliphatic rings. The molecule has 168 valence electrons. The topological polar surface area (TPSA) is 107 Å². The van der Waals surface area contributed by atoms with Crippen LogP contribution in [-0.4, -0.2) is 36.1 Å². The molecule has 0 bridgehead atoms. The number of carbonyl (C=O) groups is 2. The first-order valence-corrected chi connectivity index (χ1v) is 10.6. The van der Waals surface area contributed by atoms with Gasteiger partial charge in [-0.1, -0.05) is 12.1 Å². The molecule has 4 aromatic rings. The van der Waals surface area contributed by atoms with Crippen LogP contribution in [0.1, 0.15) is 33.7 Å². The van der Waals surface area contributed by atoms with E-state index in [2.05, 4.69) is 25.7 Å². The van der Waals surface area contributed by atoms with Gasteiger partial charge in [-0.25, -0.2) is 14.6 Å². The zero-order valence-corrected chi connectivity index (χ0v) is 18.5. The summed E-state index contributed by atoms with van der Waals surface area (Å²) in [5.74, 6) is 0.370. The van der Waals surface area contributed by atoms with Crippen LogP contribution in [0.5, 0.6) is 0 Å². The van der Waals surface area contributed by atoms with Crippen LogP contribution in [0, 0.1) is 13.8 Å². The van der Waals surface area contributed by atoms with Crippen LogP contribution in [0.4, 0.5) is 5.69 Å². The SMILES string of the molecule is Cc1cc(C)n(-c2ccc(CNC(=O)c3cccc(NC(=O)CCn4ccnc4)c3)cn2)n1. The third kappa shape index (κ3) is 5.70. The molecule has 0 unspecified atom stereocenters. The monoisotopic (exact) mass is 443 g/mol. The summed E-state index contributed by atoms with van der Waals surface area (Å²) >= 11 is 0. The van der Waals surface area contributed by atoms with Crippen LogP contribution in [-0.2, 0) is 17.9 Å². The average molecular weight is 444 g/mol. The highest BCUT2D eigenvalue weighted by Crippen LogP contribution is 2.13. The van der Waals surface area contributed by atoms with Crippen molar-refractivity contribution in [2.24, 2.45) is 0 Å². The molecular weight excluding hydrogens is 418 g/mol. The van der Waals surface area contributed by atoms with Crippen LogP contribution in [0.2, 0.25) is 0 Å². The number of anilines is 1. The van der Waals surface area contributed by atoms with Crippen molar-refractivity contribution in [1.29, 1.82) is 0 Å². The van der Waals surface area contributed by atoms with E-state index in [1.54, 1.807) is 53.9 Å². The Morgan fingerprint density at radius 1 is 1.09 bits per heavy atom. The average Bonchev–Trinajstić information content (AvgIpc) is 3.45. The maximum atomic E-state index is 12.6. The Labute approximate surface area is 191 Å². The van der Waals surface area contributed by atoms with Crippen molar-refractivity contribution in [2.75, 3.05) is 5.32 Å². The van der Waals surface area contributed by atoms with Crippen molar-refractivity contribution in [1.82, 2.24) is 29.6 Å². The van der Waals surface area contributed by atoms with Gasteiger partial charge in [-0.05, 0) is 49.7 Å². The molecule has 0 aliphatic heterocycles. The smallest absolute Gasteiger partial charge is 0.251 e. The normalized spacial score (nSPS) is 10.7. The Morgan fingerprint density at radius 3 is 2.67 bits per heavy atom. The molecule has 3 aromatic heterocycles. The van der Waals surface area contributed by atoms with Crippen molar-refractivity contribution in [3.63, 3.8) is 0 Å². The van der Waals surface area contributed by atoms with Gasteiger partial charge in [0.15, 0.2) is 5.82 Å². The number of nitrogens with one attached hydrogen (secondary N) is 2. The summed E-state index contributed by atoms with van der Waals surface area (Å²) < 4.78 is 3.62. The summed E-state index contributed by atoms with van der Waals surface area (Å²) in [6.07, 6.45) is 7.18. The van der Waals surface area contributed by atoms with Gasteiger partial charge in [0, 0.05) is 55.0 Å². The van der Waals surface area contributed by atoms with E-state index in [4.69, 9.17) is 0 Å². The second-order valence-electron chi connectivity index (χ2n) is 7.73. The van der Waals surface area contributed by atoms with Gasteiger partial charge in [-0.3, -0.25) is 9.59 Å². The predicted molar refractivity (Wildman–Crippen MR) is 124 cm³/mol. The molecule has 9 nitrogen and oxygen atoms in total. The number of aryl methyl sites for hydroxylation is 3. The highest BCUT2D eigenvalue weighted by Gasteiger charge is 2.09. The quantitative estimate of drug-likeness (QED) is 0.435. The van der Waals surface area contributed by atoms with Gasteiger partial charge >= 0.3 is 0 Å². The Morgan fingerprint density at radius 2 is 1.97 bits per heavy atom. The van der Waals surface area contributed by atoms with Gasteiger partial charge in [0.2, 0.25) is 5.91 Å². The van der Waals surface area contributed by atoms with E-state index < -0.39 is 0 Å². The molecule has 3 heterocycles. The fourth-order valence-corrected chi connectivity index (χ4v) is 3.40. The fraction of sp³-hybridized carbons (Fsp3) is 0.208. The van der Waals surface area contributed by atoms with Crippen LogP contribution < -0.4 is 10.6 Å². The minimum Gasteiger partial charge on any atom is -0.348 e. The molecular formula is C24H25N7O2. The Hall–Kier alpha value is -4.27. The van der Waals surface area contributed by atoms with E-state index in [1.165, 1.54) is 0 Å². The fourth-order valence-electron chi connectivity index (χ4n) is 3.40. The second kappa shape index (κ2) is 9.90. The molecule has 0 radical (unpaired) electrons. The van der Waals surface area contributed by atoms with E-state index in [0.29, 0.717) is 30.8 Å². The second-order valence-corrected chi connectivity index (χ2v) is 7.73. The number of benzene rings is 1. The van der Waals surface area contributed by atoms with E-state index >= 15 is 0 Å². The first kappa shape index (κ1) is 21.9. The predicted octanol–water partition coefficient (Wildman–Crippen LogP) is 3.04. The van der Waals surface area contributed by atoms with Crippen molar-refractivity contribution >= 4 is 17.5 Å². The molecule has 4 rings (SSSR count). The third-order valence-corrected chi connectivity index (χ3v) is 5.05. The lowest BCUT2D eigenvalue weighted by Gasteiger charge is -2.09. The molecule has 0 fully saturated rings. The summed E-state index contributed by atoms with van der Waals surface area (Å²) in [7, 11) is 0. The maximum Gasteiger partial charge on any atom is 0.251 e. The lowest BCUT2D eigenvalue weighted by atomic mass is 10.1. The van der Waals surface area contributed by atoms with Gasteiger partial charge in [-0.2, -0.15) is 5.10 Å². The molecule has 0 saturated heterocycles. The molecule has 0 aliphatic carbocycles. The molecule has 2 amide bonds. The van der Waals surface area contributed by atoms with Crippen molar-refractivity contribution in [3.8, 4) is 5.82 Å². The lowest BCUT2D eigenvalue weighted by molar-refractivity contribution is -0.116. The number of nitrogens with zero attached hydrogens (tertiary/aromatic N) is 5. The van der Waals surface area contributed by atoms with E-state index in [9.17, 15) is 9.59 Å². The molecule has 0 spiro atoms. The van der Waals surface area contributed by atoms with Crippen LogP contribution in [0.25, 0.3) is 5.82 Å². The van der Waals surface area contributed by atoms with Crippen LogP contribution in [0.15, 0.2) is 67.4 Å². The van der Waals surface area contributed by atoms with Gasteiger partial charge in [0.05, 0.1) is 12.0 Å². The van der Waals surface area contributed by atoms with Crippen molar-refractivity contribution < 1.29 is 9.59 Å². The number of pyridine rings is 1. The number of carbonyl (C=O) groups excluding carboxylic acids is 2. The zero-order chi connectivity index (χ0) is 23.2. The summed E-state index contributed by atoms with van der Waals surface area (Å²) in [5, 5.41) is 10.1. The highest BCUT2D eigenvalue weighted by molar-refractivity contribution is 5.97. The summed E-state index contributed by atoms with van der Waals surface area (Å²) in [6, 6.07) is 12.6. The minimum absolute atomic E-state index is 0.130. The summed E-state index contributed by atoms with van der Waals surface area (Å²) in [5.41, 5.74) is 3.86. The molecule has 2 N–H and O–H groups in total. The first-order valence-electron chi connectivity index (χ1n) is 10.6. The zero-order valence-electron chi connectivity index (χ0n) is 18.5. The third-order valence-electron chi connectivity index (χ3n) is 5.05. The standard InChI is InChI=1S/C24H25N7O2/c1-17-12-18(2)31(29-17)22-7-6-19(14-26-22)15-27-24(33)20-4-3-5-21(13-20)28-23(32)8-10-30-11-9-25-16-30/h3-7,9,11-14,16H,8,10,15H2,1-2H3,(H,27,33)(H,28,32). The Kier molecular flexibility index (Phi) is 6.58. The first-order chi connectivity index (χ1) is 16.0. The van der Waals surface area contributed by atoms with Crippen LogP contribution >= 0.6 is 0 Å². The van der Waals surface area contributed by atoms with E-state index in [0.717, 1.165) is 22.8 Å². The lowest BCUT2D eigenvalue weighted by Crippen LogP contribution is -2.23. The number of hydrogen-bond donors (Lipinski definition) is 2. The van der Waals surface area contributed by atoms with Gasteiger partial charge in [0.25, 0.3) is 5.91 Å². The van der Waals surface area contributed by atoms with Gasteiger partial charge < -0.3 is 15.2 Å². The van der Waals surface area contributed by atoms with E-state index in [1.807, 2.05) is 36.6 Å². The number of rotatable bonds is 8. The number of imidazole rings is 1. The number of hydrogen-bond acceptors (Lipinski definition) is 5. The highest BCUT2D eigenvalue weighted by atomic mass is 16.2. The number of aromatic nitrogens is 5. The Bertz CT molecular complexity index is 1240. The Balaban J connectivity index is 1.31. The molecule has 33 heavy (non-hydrogen) atoms. The minimum atomic E-state index is -0.230. The van der Waals surface area contributed by atoms with Crippen LogP contribution in [0.3, 0.4) is 0 Å². The van der Waals surface area contributed by atoms with E-state index in [-0.39, 0.29) is 11.8 Å². The number of amides is 2. The summed E-state index contributed by atoms with van der Waals surface area (Å²) in [6.45, 7) is 4.80. The molecule has 9 heteroatoms. The van der Waals surface area contributed by atoms with Crippen molar-refractivity contribution in [3.05, 3.63) is 89.9 Å². The summed E-state index contributed by atoms with van der Waals surface area (Å²) in [4.78, 5) is 33.2. The molecule has 1 aromatic carbocycles.